The van der Waals surface area contributed by atoms with Gasteiger partial charge in [-0.1, -0.05) is 13.3 Å². The number of carboxylic acid groups (broad SMARTS) is 1. The topological polar surface area (TPSA) is 55.8 Å². The maximum Gasteiger partial charge on any atom is 0.309 e. The molecular formula is C12H24O4. The minimum absolute atomic E-state index is 0.469. The van der Waals surface area contributed by atoms with Crippen molar-refractivity contribution >= 4 is 5.97 Å². The van der Waals surface area contributed by atoms with Gasteiger partial charge >= 0.3 is 5.97 Å². The third-order valence-electron chi connectivity index (χ3n) is 2.46. The van der Waals surface area contributed by atoms with Crippen molar-refractivity contribution in [2.45, 2.75) is 40.0 Å². The molecule has 0 atom stereocenters. The van der Waals surface area contributed by atoms with Gasteiger partial charge in [0, 0.05) is 13.2 Å². The number of ether oxygens (including phenoxy) is 2. The third kappa shape index (κ3) is 7.65. The van der Waals surface area contributed by atoms with Crippen LogP contribution in [0.15, 0.2) is 0 Å². The summed E-state index contributed by atoms with van der Waals surface area (Å²) >= 11 is 0. The van der Waals surface area contributed by atoms with Crippen LogP contribution in [0.25, 0.3) is 0 Å². The van der Waals surface area contributed by atoms with Crippen molar-refractivity contribution in [2.75, 3.05) is 26.4 Å². The van der Waals surface area contributed by atoms with Gasteiger partial charge in [0.2, 0.25) is 0 Å². The van der Waals surface area contributed by atoms with Gasteiger partial charge in [0.1, 0.15) is 0 Å². The summed E-state index contributed by atoms with van der Waals surface area (Å²) in [6.45, 7) is 7.91. The predicted octanol–water partition coefficient (Wildman–Crippen LogP) is 2.32. The number of carboxylic acids is 1. The van der Waals surface area contributed by atoms with E-state index in [0.29, 0.717) is 26.2 Å². The largest absolute Gasteiger partial charge is 0.481 e. The molecule has 0 spiro atoms. The van der Waals surface area contributed by atoms with Crippen LogP contribution >= 0.6 is 0 Å². The van der Waals surface area contributed by atoms with Gasteiger partial charge in [-0.05, 0) is 26.7 Å². The molecule has 0 saturated carbocycles. The third-order valence-corrected chi connectivity index (χ3v) is 2.46. The second-order valence-corrected chi connectivity index (χ2v) is 4.52. The van der Waals surface area contributed by atoms with Crippen molar-refractivity contribution in [1.29, 1.82) is 0 Å². The van der Waals surface area contributed by atoms with Crippen LogP contribution in [0.4, 0.5) is 0 Å². The minimum atomic E-state index is -0.782. The van der Waals surface area contributed by atoms with Crippen LogP contribution in [0.3, 0.4) is 0 Å². The van der Waals surface area contributed by atoms with Gasteiger partial charge in [-0.25, -0.2) is 0 Å². The lowest BCUT2D eigenvalue weighted by Gasteiger charge is -2.18. The maximum absolute atomic E-state index is 10.8. The van der Waals surface area contributed by atoms with Crippen molar-refractivity contribution in [1.82, 2.24) is 0 Å². The van der Waals surface area contributed by atoms with E-state index < -0.39 is 11.4 Å². The molecule has 0 saturated heterocycles. The Hall–Kier alpha value is -0.610. The lowest BCUT2D eigenvalue weighted by molar-refractivity contribution is -0.148. The second-order valence-electron chi connectivity index (χ2n) is 4.52. The molecule has 16 heavy (non-hydrogen) atoms. The summed E-state index contributed by atoms with van der Waals surface area (Å²) in [4.78, 5) is 10.8. The van der Waals surface area contributed by atoms with E-state index in [-0.39, 0.29) is 0 Å². The highest BCUT2D eigenvalue weighted by Gasteiger charge is 2.26. The monoisotopic (exact) mass is 232 g/mol. The minimum Gasteiger partial charge on any atom is -0.481 e. The first kappa shape index (κ1) is 15.4. The summed E-state index contributed by atoms with van der Waals surface area (Å²) in [6, 6.07) is 0. The molecule has 0 bridgehead atoms. The van der Waals surface area contributed by atoms with Gasteiger partial charge in [-0.3, -0.25) is 4.79 Å². The van der Waals surface area contributed by atoms with Crippen LogP contribution in [0.1, 0.15) is 40.0 Å². The van der Waals surface area contributed by atoms with E-state index in [0.717, 1.165) is 19.4 Å². The quantitative estimate of drug-likeness (QED) is 0.587. The van der Waals surface area contributed by atoms with Gasteiger partial charge in [-0.15, -0.1) is 0 Å². The zero-order chi connectivity index (χ0) is 12.4. The molecule has 0 radical (unpaired) electrons. The summed E-state index contributed by atoms with van der Waals surface area (Å²) in [6.07, 6.45) is 2.73. The van der Waals surface area contributed by atoms with Crippen molar-refractivity contribution in [3.8, 4) is 0 Å². The van der Waals surface area contributed by atoms with Gasteiger partial charge in [-0.2, -0.15) is 0 Å². The fourth-order valence-corrected chi connectivity index (χ4v) is 1.00. The molecule has 0 aliphatic heterocycles. The zero-order valence-corrected chi connectivity index (χ0v) is 10.6. The molecule has 0 heterocycles. The highest BCUT2D eigenvalue weighted by molar-refractivity contribution is 5.73. The Morgan fingerprint density at radius 3 is 2.19 bits per heavy atom. The van der Waals surface area contributed by atoms with E-state index in [1.54, 1.807) is 13.8 Å². The van der Waals surface area contributed by atoms with Gasteiger partial charge in [0.25, 0.3) is 0 Å². The number of aliphatic carboxylic acids is 1. The SMILES string of the molecule is CCCCOCCOCCC(C)(C)C(=O)O. The Morgan fingerprint density at radius 1 is 1.12 bits per heavy atom. The number of unbranched alkanes of at least 4 members (excludes halogenated alkanes) is 1. The van der Waals surface area contributed by atoms with Crippen LogP contribution in [0.5, 0.6) is 0 Å². The summed E-state index contributed by atoms with van der Waals surface area (Å²) < 4.78 is 10.6. The highest BCUT2D eigenvalue weighted by atomic mass is 16.5. The smallest absolute Gasteiger partial charge is 0.309 e. The Morgan fingerprint density at radius 2 is 1.69 bits per heavy atom. The van der Waals surface area contributed by atoms with Crippen molar-refractivity contribution in [3.63, 3.8) is 0 Å². The van der Waals surface area contributed by atoms with E-state index in [9.17, 15) is 4.79 Å². The molecule has 96 valence electrons. The maximum atomic E-state index is 10.8. The van der Waals surface area contributed by atoms with Gasteiger partial charge in [0.15, 0.2) is 0 Å². The van der Waals surface area contributed by atoms with Crippen LogP contribution < -0.4 is 0 Å². The Kier molecular flexibility index (Phi) is 8.21. The molecule has 4 heteroatoms. The van der Waals surface area contributed by atoms with Crippen LogP contribution in [0.2, 0.25) is 0 Å². The molecule has 0 aliphatic rings. The summed E-state index contributed by atoms with van der Waals surface area (Å²) in [5.74, 6) is -0.782. The fourth-order valence-electron chi connectivity index (χ4n) is 1.00. The molecule has 4 nitrogen and oxygen atoms in total. The molecule has 0 fully saturated rings. The average Bonchev–Trinajstić information content (AvgIpc) is 2.21. The van der Waals surface area contributed by atoms with Crippen LogP contribution in [0, 0.1) is 5.41 Å². The van der Waals surface area contributed by atoms with Crippen molar-refractivity contribution < 1.29 is 19.4 Å². The van der Waals surface area contributed by atoms with E-state index in [4.69, 9.17) is 14.6 Å². The second kappa shape index (κ2) is 8.53. The Balaban J connectivity index is 3.30. The molecule has 0 aromatic rings. The van der Waals surface area contributed by atoms with Gasteiger partial charge < -0.3 is 14.6 Å². The van der Waals surface area contributed by atoms with E-state index in [1.807, 2.05) is 0 Å². The summed E-state index contributed by atoms with van der Waals surface area (Å²) in [7, 11) is 0. The molecule has 0 rings (SSSR count). The number of hydrogen-bond donors (Lipinski definition) is 1. The Labute approximate surface area is 97.9 Å². The molecule has 0 aliphatic carbocycles. The zero-order valence-electron chi connectivity index (χ0n) is 10.6. The summed E-state index contributed by atoms with van der Waals surface area (Å²) in [5, 5.41) is 8.86. The molecular weight excluding hydrogens is 208 g/mol. The summed E-state index contributed by atoms with van der Waals surface area (Å²) in [5.41, 5.74) is -0.705. The first-order chi connectivity index (χ1) is 7.50. The van der Waals surface area contributed by atoms with Crippen LogP contribution in [-0.2, 0) is 14.3 Å². The molecule has 0 amide bonds. The molecule has 0 aromatic heterocycles. The van der Waals surface area contributed by atoms with E-state index in [2.05, 4.69) is 6.92 Å². The first-order valence-corrected chi connectivity index (χ1v) is 5.89. The fraction of sp³-hybridized carbons (Fsp3) is 0.917. The number of rotatable bonds is 10. The first-order valence-electron chi connectivity index (χ1n) is 5.89. The lowest BCUT2D eigenvalue weighted by Crippen LogP contribution is -2.25. The lowest BCUT2D eigenvalue weighted by atomic mass is 9.90. The van der Waals surface area contributed by atoms with Crippen LogP contribution in [-0.4, -0.2) is 37.5 Å². The number of hydrogen-bond acceptors (Lipinski definition) is 3. The highest BCUT2D eigenvalue weighted by Crippen LogP contribution is 2.19. The standard InChI is InChI=1S/C12H24O4/c1-4-5-7-15-9-10-16-8-6-12(2,3)11(13)14/h4-10H2,1-3H3,(H,13,14). The Bertz CT molecular complexity index is 189. The predicted molar refractivity (Wildman–Crippen MR) is 62.6 cm³/mol. The number of carbonyl (C=O) groups is 1. The normalized spacial score (nSPS) is 11.7. The van der Waals surface area contributed by atoms with E-state index in [1.165, 1.54) is 0 Å². The molecule has 1 N–H and O–H groups in total. The molecule has 0 unspecified atom stereocenters. The average molecular weight is 232 g/mol. The van der Waals surface area contributed by atoms with Crippen molar-refractivity contribution in [3.05, 3.63) is 0 Å². The van der Waals surface area contributed by atoms with E-state index >= 15 is 0 Å². The van der Waals surface area contributed by atoms with Crippen molar-refractivity contribution in [2.24, 2.45) is 5.41 Å². The van der Waals surface area contributed by atoms with Gasteiger partial charge in [0.05, 0.1) is 18.6 Å². The molecule has 0 aromatic carbocycles.